The van der Waals surface area contributed by atoms with Crippen LogP contribution in [0.3, 0.4) is 0 Å². The van der Waals surface area contributed by atoms with Crippen molar-refractivity contribution in [1.82, 2.24) is 14.3 Å². The Labute approximate surface area is 210 Å². The zero-order valence-corrected chi connectivity index (χ0v) is 22.5. The van der Waals surface area contributed by atoms with Gasteiger partial charge in [0.1, 0.15) is 11.6 Å². The van der Waals surface area contributed by atoms with Gasteiger partial charge >= 0.3 is 0 Å². The molecule has 2 heterocycles. The molecule has 186 valence electrons. The first-order chi connectivity index (χ1) is 16.6. The van der Waals surface area contributed by atoms with E-state index in [9.17, 15) is 8.42 Å². The molecule has 0 unspecified atom stereocenters. The van der Waals surface area contributed by atoms with E-state index >= 15 is 0 Å². The summed E-state index contributed by atoms with van der Waals surface area (Å²) in [6.07, 6.45) is 1.50. The fourth-order valence-electron chi connectivity index (χ4n) is 5.15. The molecular weight excluding hydrogens is 456 g/mol. The van der Waals surface area contributed by atoms with Crippen LogP contribution < -0.4 is 4.90 Å². The van der Waals surface area contributed by atoms with E-state index in [1.54, 1.807) is 4.31 Å². The third-order valence-corrected chi connectivity index (χ3v) is 8.97. The van der Waals surface area contributed by atoms with E-state index in [4.69, 9.17) is 4.98 Å². The fraction of sp³-hybridized carbons (Fsp3) is 0.429. The van der Waals surface area contributed by atoms with Gasteiger partial charge in [-0.3, -0.25) is 0 Å². The number of hydrogen-bond acceptors (Lipinski definition) is 5. The van der Waals surface area contributed by atoms with Crippen molar-refractivity contribution in [3.05, 3.63) is 81.3 Å². The van der Waals surface area contributed by atoms with Crippen molar-refractivity contribution in [2.24, 2.45) is 0 Å². The molecule has 0 spiro atoms. The molecule has 0 amide bonds. The highest BCUT2D eigenvalue weighted by Gasteiger charge is 2.30. The Morgan fingerprint density at radius 2 is 1.46 bits per heavy atom. The molecule has 0 N–H and O–H groups in total. The summed E-state index contributed by atoms with van der Waals surface area (Å²) in [6, 6.07) is 12.5. The van der Waals surface area contributed by atoms with Crippen LogP contribution in [0.5, 0.6) is 0 Å². The number of aromatic nitrogens is 2. The second-order valence-corrected chi connectivity index (χ2v) is 11.7. The van der Waals surface area contributed by atoms with Crippen LogP contribution in [0.2, 0.25) is 0 Å². The van der Waals surface area contributed by atoms with Crippen LogP contribution in [0.4, 0.5) is 5.82 Å². The molecule has 7 heteroatoms. The Morgan fingerprint density at radius 3 is 2.11 bits per heavy atom. The maximum absolute atomic E-state index is 13.7. The van der Waals surface area contributed by atoms with E-state index in [1.807, 2.05) is 46.8 Å². The predicted octanol–water partition coefficient (Wildman–Crippen LogP) is 4.82. The molecule has 2 aromatic carbocycles. The first kappa shape index (κ1) is 25.3. The van der Waals surface area contributed by atoms with Gasteiger partial charge < -0.3 is 4.90 Å². The molecular formula is C28H36N4O2S. The number of anilines is 1. The molecule has 0 radical (unpaired) electrons. The van der Waals surface area contributed by atoms with Gasteiger partial charge in [0.2, 0.25) is 10.0 Å². The smallest absolute Gasteiger partial charge is 0.243 e. The Kier molecular flexibility index (Phi) is 7.29. The van der Waals surface area contributed by atoms with Crippen LogP contribution in [0, 0.1) is 41.5 Å². The Balaban J connectivity index is 1.62. The van der Waals surface area contributed by atoms with Crippen LogP contribution in [0.15, 0.2) is 41.3 Å². The van der Waals surface area contributed by atoms with Gasteiger partial charge in [-0.1, -0.05) is 47.5 Å². The van der Waals surface area contributed by atoms with Crippen molar-refractivity contribution in [2.75, 3.05) is 31.1 Å². The van der Waals surface area contributed by atoms with Crippen LogP contribution >= 0.6 is 0 Å². The van der Waals surface area contributed by atoms with Gasteiger partial charge in [-0.15, -0.1) is 0 Å². The third kappa shape index (κ3) is 5.41. The van der Waals surface area contributed by atoms with Crippen molar-refractivity contribution >= 4 is 15.8 Å². The lowest BCUT2D eigenvalue weighted by Gasteiger charge is -2.26. The van der Waals surface area contributed by atoms with Gasteiger partial charge in [0.25, 0.3) is 0 Å². The molecule has 1 aliphatic heterocycles. The lowest BCUT2D eigenvalue weighted by Crippen LogP contribution is -2.36. The monoisotopic (exact) mass is 492 g/mol. The lowest BCUT2D eigenvalue weighted by molar-refractivity contribution is 0.432. The second-order valence-electron chi connectivity index (χ2n) is 9.79. The molecule has 1 saturated heterocycles. The summed E-state index contributed by atoms with van der Waals surface area (Å²) < 4.78 is 29.0. The van der Waals surface area contributed by atoms with E-state index < -0.39 is 10.0 Å². The van der Waals surface area contributed by atoms with Gasteiger partial charge in [-0.2, -0.15) is 4.31 Å². The van der Waals surface area contributed by atoms with Gasteiger partial charge in [0.05, 0.1) is 4.90 Å². The third-order valence-electron chi connectivity index (χ3n) is 6.76. The number of rotatable bonds is 5. The van der Waals surface area contributed by atoms with Crippen molar-refractivity contribution < 1.29 is 8.42 Å². The molecule has 1 fully saturated rings. The summed E-state index contributed by atoms with van der Waals surface area (Å²) in [7, 11) is -3.57. The average molecular weight is 493 g/mol. The van der Waals surface area contributed by atoms with Gasteiger partial charge in [0, 0.05) is 43.9 Å². The number of sulfonamides is 1. The molecule has 6 nitrogen and oxygen atoms in total. The lowest BCUT2D eigenvalue weighted by atomic mass is 10.0. The summed E-state index contributed by atoms with van der Waals surface area (Å²) in [5, 5.41) is 0. The van der Waals surface area contributed by atoms with E-state index in [0.29, 0.717) is 24.5 Å². The molecule has 35 heavy (non-hydrogen) atoms. The van der Waals surface area contributed by atoms with Gasteiger partial charge in [-0.25, -0.2) is 18.4 Å². The standard InChI is InChI=1S/C28H36N4O2S/c1-19-8-10-25(11-9-19)18-26-23(5)29-24(6)30-28(26)31-12-7-13-32(15-14-31)35(33,34)27-21(3)16-20(2)17-22(27)4/h8-11,16-17H,7,12-15,18H2,1-6H3. The summed E-state index contributed by atoms with van der Waals surface area (Å²) >= 11 is 0. The molecule has 1 aliphatic rings. The highest BCUT2D eigenvalue weighted by Crippen LogP contribution is 2.29. The number of aryl methyl sites for hydroxylation is 6. The van der Waals surface area contributed by atoms with Crippen LogP contribution in [0.25, 0.3) is 0 Å². The summed E-state index contributed by atoms with van der Waals surface area (Å²) in [5.41, 5.74) is 7.25. The zero-order valence-electron chi connectivity index (χ0n) is 21.7. The molecule has 3 aromatic rings. The van der Waals surface area contributed by atoms with Crippen LogP contribution in [0.1, 0.15) is 51.3 Å². The molecule has 4 rings (SSSR count). The van der Waals surface area contributed by atoms with Crippen molar-refractivity contribution in [3.8, 4) is 0 Å². The normalized spacial score (nSPS) is 15.3. The molecule has 0 aliphatic carbocycles. The predicted molar refractivity (Wildman–Crippen MR) is 142 cm³/mol. The topological polar surface area (TPSA) is 66.4 Å². The number of nitrogens with zero attached hydrogens (tertiary/aromatic N) is 4. The second kappa shape index (κ2) is 10.1. The van der Waals surface area contributed by atoms with E-state index in [2.05, 4.69) is 41.1 Å². The van der Waals surface area contributed by atoms with E-state index in [1.165, 1.54) is 11.1 Å². The average Bonchev–Trinajstić information content (AvgIpc) is 3.03. The molecule has 1 aromatic heterocycles. The minimum absolute atomic E-state index is 0.432. The van der Waals surface area contributed by atoms with Gasteiger partial charge in [0.15, 0.2) is 0 Å². The van der Waals surface area contributed by atoms with Gasteiger partial charge in [-0.05, 0) is 64.7 Å². The van der Waals surface area contributed by atoms with Crippen LogP contribution in [-0.4, -0.2) is 48.9 Å². The maximum atomic E-state index is 13.7. The SMILES string of the molecule is Cc1ccc(Cc2c(C)nc(C)nc2N2CCCN(S(=O)(=O)c3c(C)cc(C)cc3C)CC2)cc1. The minimum Gasteiger partial charge on any atom is -0.355 e. The Morgan fingerprint density at radius 1 is 0.800 bits per heavy atom. The largest absolute Gasteiger partial charge is 0.355 e. The number of hydrogen-bond donors (Lipinski definition) is 0. The number of benzene rings is 2. The zero-order chi connectivity index (χ0) is 25.3. The van der Waals surface area contributed by atoms with Crippen molar-refractivity contribution in [1.29, 1.82) is 0 Å². The Bertz CT molecular complexity index is 1310. The summed E-state index contributed by atoms with van der Waals surface area (Å²) in [5.74, 6) is 1.67. The van der Waals surface area contributed by atoms with E-state index in [0.717, 1.165) is 59.0 Å². The molecule has 0 atom stereocenters. The summed E-state index contributed by atoms with van der Waals surface area (Å²) in [4.78, 5) is 12.2. The molecule has 0 bridgehead atoms. The first-order valence-electron chi connectivity index (χ1n) is 12.3. The fourth-order valence-corrected chi connectivity index (χ4v) is 7.03. The van der Waals surface area contributed by atoms with Crippen LogP contribution in [-0.2, 0) is 16.4 Å². The van der Waals surface area contributed by atoms with Crippen molar-refractivity contribution in [3.63, 3.8) is 0 Å². The summed E-state index contributed by atoms with van der Waals surface area (Å²) in [6.45, 7) is 14.1. The maximum Gasteiger partial charge on any atom is 0.243 e. The first-order valence-corrected chi connectivity index (χ1v) is 13.7. The minimum atomic E-state index is -3.57. The van der Waals surface area contributed by atoms with Crippen molar-refractivity contribution in [2.45, 2.75) is 59.3 Å². The Hall–Kier alpha value is -2.77. The quantitative estimate of drug-likeness (QED) is 0.511. The van der Waals surface area contributed by atoms with E-state index in [-0.39, 0.29) is 0 Å². The molecule has 0 saturated carbocycles. The highest BCUT2D eigenvalue weighted by molar-refractivity contribution is 7.89. The highest BCUT2D eigenvalue weighted by atomic mass is 32.2.